The number of anilines is 1. The number of carbonyl (C=O) groups excluding carboxylic acids is 1. The summed E-state index contributed by atoms with van der Waals surface area (Å²) in [7, 11) is 0. The monoisotopic (exact) mass is 485 g/mol. The molecule has 0 radical (unpaired) electrons. The van der Waals surface area contributed by atoms with Gasteiger partial charge in [0.2, 0.25) is 0 Å². The van der Waals surface area contributed by atoms with Gasteiger partial charge in [0, 0.05) is 6.92 Å². The van der Waals surface area contributed by atoms with Crippen LogP contribution in [0.3, 0.4) is 0 Å². The first kappa shape index (κ1) is 23.1. The number of benzene rings is 1. The molecule has 15 heteroatoms. The average molecular weight is 486 g/mol. The quantitative estimate of drug-likeness (QED) is 0.213. The first-order chi connectivity index (χ1) is 15.1. The molecule has 1 amide bonds. The Balaban J connectivity index is 1.63. The largest absolute Gasteiger partial charge is 0.445 e. The molecule has 0 aliphatic rings. The number of carbonyl (C=O) groups is 1. The predicted octanol–water partition coefficient (Wildman–Crippen LogP) is 3.58. The maximum atomic E-state index is 13.8. The van der Waals surface area contributed by atoms with E-state index in [-0.39, 0.29) is 24.1 Å². The van der Waals surface area contributed by atoms with Gasteiger partial charge in [-0.15, -0.1) is 0 Å². The van der Waals surface area contributed by atoms with Crippen LogP contribution in [0.25, 0.3) is 10.2 Å². The van der Waals surface area contributed by atoms with E-state index in [1.807, 2.05) is 11.4 Å². The summed E-state index contributed by atoms with van der Waals surface area (Å²) >= 11 is 6.10. The number of hydrogen-bond donors (Lipinski definition) is 2. The molecule has 3 rings (SSSR count). The third kappa shape index (κ3) is 5.37. The molecule has 0 saturated carbocycles. The van der Waals surface area contributed by atoms with Crippen LogP contribution in [0.5, 0.6) is 0 Å². The van der Waals surface area contributed by atoms with Crippen LogP contribution >= 0.6 is 22.9 Å². The van der Waals surface area contributed by atoms with Gasteiger partial charge in [0.25, 0.3) is 0 Å². The lowest BCUT2D eigenvalue weighted by Crippen LogP contribution is -2.50. The zero-order chi connectivity index (χ0) is 23.5. The first-order valence-corrected chi connectivity index (χ1v) is 10.0. The summed E-state index contributed by atoms with van der Waals surface area (Å²) in [5.41, 5.74) is 0.843. The van der Waals surface area contributed by atoms with Crippen LogP contribution in [0, 0.1) is 28.4 Å². The number of aromatic nitrogens is 3. The minimum Gasteiger partial charge on any atom is -0.445 e. The van der Waals surface area contributed by atoms with Crippen LogP contribution in [0.4, 0.5) is 24.5 Å². The average Bonchev–Trinajstić information content (AvgIpc) is 3.29. The fraction of sp³-hybridized carbons (Fsp3) is 0.294. The maximum absolute atomic E-state index is 13.8. The van der Waals surface area contributed by atoms with Gasteiger partial charge >= 0.3 is 17.3 Å². The van der Waals surface area contributed by atoms with E-state index in [0.29, 0.717) is 21.6 Å². The molecule has 3 aromatic rings. The molecule has 0 fully saturated rings. The van der Waals surface area contributed by atoms with Gasteiger partial charge in [-0.25, -0.2) is 19.3 Å². The number of alkyl carbamates (subject to hydrolysis) is 1. The van der Waals surface area contributed by atoms with Gasteiger partial charge in [0.1, 0.15) is 19.3 Å². The van der Waals surface area contributed by atoms with E-state index < -0.39 is 22.6 Å². The molecule has 2 aromatic heterocycles. The van der Waals surface area contributed by atoms with Gasteiger partial charge in [-0.2, -0.15) is 14.0 Å². The summed E-state index contributed by atoms with van der Waals surface area (Å²) < 4.78 is 34.3. The van der Waals surface area contributed by atoms with Crippen LogP contribution in [-0.4, -0.2) is 43.7 Å². The second-order valence-corrected chi connectivity index (χ2v) is 7.82. The number of fused-ring (bicyclic) bond motifs is 1. The van der Waals surface area contributed by atoms with Crippen molar-refractivity contribution in [3.05, 3.63) is 45.9 Å². The van der Waals surface area contributed by atoms with E-state index in [4.69, 9.17) is 21.6 Å². The molecule has 1 atom stereocenters. The summed E-state index contributed by atoms with van der Waals surface area (Å²) in [5.74, 6) is 0.0247. The van der Waals surface area contributed by atoms with Crippen molar-refractivity contribution in [1.82, 2.24) is 19.9 Å². The molecule has 0 aliphatic heterocycles. The Bertz CT molecular complexity index is 1200. The standard InChI is InChI=1S/C17H14ClF2N7O4S/c1-9-22-8-13(27(29)30)26(9)4-5-31-16(28)25-14(17(18,19)20)24-15-23-11-3-2-10(7-21)6-12(11)32-15/h2-3,6,8,14H,4-5H2,1H3,(H,23,24)(H,25,28). The van der Waals surface area contributed by atoms with Crippen molar-refractivity contribution in [2.24, 2.45) is 0 Å². The Morgan fingerprint density at radius 1 is 1.53 bits per heavy atom. The number of thiazole rings is 1. The van der Waals surface area contributed by atoms with Gasteiger partial charge in [0.05, 0.1) is 21.8 Å². The summed E-state index contributed by atoms with van der Waals surface area (Å²) in [6, 6.07) is 6.60. The first-order valence-electron chi connectivity index (χ1n) is 8.82. The van der Waals surface area contributed by atoms with Gasteiger partial charge < -0.3 is 20.2 Å². The van der Waals surface area contributed by atoms with Crippen LogP contribution in [0.1, 0.15) is 11.4 Å². The molecule has 32 heavy (non-hydrogen) atoms. The number of hydrogen-bond acceptors (Lipinski definition) is 9. The lowest BCUT2D eigenvalue weighted by Gasteiger charge is -2.23. The second-order valence-electron chi connectivity index (χ2n) is 6.28. The molecule has 0 spiro atoms. The van der Waals surface area contributed by atoms with Gasteiger partial charge in [-0.05, 0) is 34.7 Å². The lowest BCUT2D eigenvalue weighted by molar-refractivity contribution is -0.392. The van der Waals surface area contributed by atoms with Crippen molar-refractivity contribution in [1.29, 1.82) is 5.26 Å². The third-order valence-electron chi connectivity index (χ3n) is 4.14. The highest BCUT2D eigenvalue weighted by Crippen LogP contribution is 2.30. The number of ether oxygens (including phenoxy) is 1. The van der Waals surface area contributed by atoms with Crippen LogP contribution in [0.15, 0.2) is 24.4 Å². The number of amides is 1. The number of nitrogens with zero attached hydrogens (tertiary/aromatic N) is 5. The third-order valence-corrected chi connectivity index (χ3v) is 5.31. The molecule has 1 aromatic carbocycles. The van der Waals surface area contributed by atoms with Crippen molar-refractivity contribution in [3.8, 4) is 6.07 Å². The SMILES string of the molecule is Cc1ncc([N+](=O)[O-])n1CCOC(=O)NC(Nc1nc2ccc(C#N)cc2s1)C(F)(F)Cl. The van der Waals surface area contributed by atoms with E-state index in [1.54, 1.807) is 12.1 Å². The molecule has 0 bridgehead atoms. The highest BCUT2D eigenvalue weighted by atomic mass is 35.5. The molecule has 0 aliphatic carbocycles. The Morgan fingerprint density at radius 3 is 2.94 bits per heavy atom. The van der Waals surface area contributed by atoms with E-state index in [9.17, 15) is 23.7 Å². The Kier molecular flexibility index (Phi) is 6.70. The molecule has 1 unspecified atom stereocenters. The van der Waals surface area contributed by atoms with Crippen molar-refractivity contribution in [2.75, 3.05) is 11.9 Å². The summed E-state index contributed by atoms with van der Waals surface area (Å²) in [4.78, 5) is 30.2. The Labute approximate surface area is 187 Å². The number of aryl methyl sites for hydroxylation is 1. The molecule has 168 valence electrons. The zero-order valence-electron chi connectivity index (χ0n) is 16.2. The fourth-order valence-electron chi connectivity index (χ4n) is 2.65. The molecular formula is C17H14ClF2N7O4S. The van der Waals surface area contributed by atoms with Crippen molar-refractivity contribution < 1.29 is 23.2 Å². The topological polar surface area (TPSA) is 148 Å². The minimum atomic E-state index is -3.91. The van der Waals surface area contributed by atoms with E-state index in [2.05, 4.69) is 15.3 Å². The van der Waals surface area contributed by atoms with Crippen molar-refractivity contribution in [3.63, 3.8) is 0 Å². The number of nitriles is 1. The molecule has 2 N–H and O–H groups in total. The van der Waals surface area contributed by atoms with E-state index in [1.165, 1.54) is 17.6 Å². The number of nitro groups is 1. The van der Waals surface area contributed by atoms with Crippen LogP contribution < -0.4 is 10.6 Å². The minimum absolute atomic E-state index is 0.0328. The van der Waals surface area contributed by atoms with Gasteiger partial charge in [-0.1, -0.05) is 11.3 Å². The number of nitrogens with one attached hydrogen (secondary N) is 2. The lowest BCUT2D eigenvalue weighted by atomic mass is 10.2. The number of halogens is 3. The van der Waals surface area contributed by atoms with Gasteiger partial charge in [-0.3, -0.25) is 5.32 Å². The second kappa shape index (κ2) is 9.28. The van der Waals surface area contributed by atoms with Crippen LogP contribution in [-0.2, 0) is 11.3 Å². The number of alkyl halides is 3. The highest BCUT2D eigenvalue weighted by Gasteiger charge is 2.39. The van der Waals surface area contributed by atoms with Crippen LogP contribution in [0.2, 0.25) is 0 Å². The Morgan fingerprint density at radius 2 is 2.28 bits per heavy atom. The summed E-state index contributed by atoms with van der Waals surface area (Å²) in [6.45, 7) is 1.07. The normalized spacial score (nSPS) is 12.2. The van der Waals surface area contributed by atoms with Gasteiger partial charge in [0.15, 0.2) is 17.1 Å². The number of imidazole rings is 1. The Hall–Kier alpha value is -3.57. The summed E-state index contributed by atoms with van der Waals surface area (Å²) in [6.07, 6.45) is -2.24. The molecule has 11 nitrogen and oxygen atoms in total. The predicted molar refractivity (Wildman–Crippen MR) is 111 cm³/mol. The molecule has 2 heterocycles. The maximum Gasteiger partial charge on any atom is 0.409 e. The number of rotatable bonds is 8. The zero-order valence-corrected chi connectivity index (χ0v) is 17.8. The highest BCUT2D eigenvalue weighted by molar-refractivity contribution is 7.22. The summed E-state index contributed by atoms with van der Waals surface area (Å²) in [5, 5.41) is 20.3. The van der Waals surface area contributed by atoms with E-state index in [0.717, 1.165) is 17.5 Å². The van der Waals surface area contributed by atoms with Crippen molar-refractivity contribution in [2.45, 2.75) is 25.0 Å². The van der Waals surface area contributed by atoms with Crippen molar-refractivity contribution >= 4 is 50.2 Å². The smallest absolute Gasteiger partial charge is 0.409 e. The molecule has 0 saturated heterocycles. The molecular weight excluding hydrogens is 472 g/mol. The fourth-order valence-corrected chi connectivity index (χ4v) is 3.69. The van der Waals surface area contributed by atoms with E-state index >= 15 is 0 Å².